The summed E-state index contributed by atoms with van der Waals surface area (Å²) >= 11 is 0. The molecule has 1 atom stereocenters. The minimum Gasteiger partial charge on any atom is -0.381 e. The second kappa shape index (κ2) is 3.97. The molecule has 0 N–H and O–H groups in total. The Hall–Kier alpha value is -0.0800. The minimum absolute atomic E-state index is 0.0273. The van der Waals surface area contributed by atoms with Crippen LogP contribution >= 0.6 is 0 Å². The lowest BCUT2D eigenvalue weighted by Crippen LogP contribution is -2.36. The monoisotopic (exact) mass is 186 g/mol. The molecule has 1 saturated heterocycles. The highest BCUT2D eigenvalue weighted by atomic mass is 16.5. The van der Waals surface area contributed by atoms with Gasteiger partial charge >= 0.3 is 0 Å². The normalized spacial score (nSPS) is 30.5. The van der Waals surface area contributed by atoms with Crippen molar-refractivity contribution in [3.05, 3.63) is 0 Å². The molecule has 0 bridgehead atoms. The molecule has 0 aliphatic carbocycles. The van der Waals surface area contributed by atoms with Gasteiger partial charge in [-0.15, -0.1) is 0 Å². The number of hydrogen-bond acceptors (Lipinski definition) is 2. The van der Waals surface area contributed by atoms with Gasteiger partial charge in [-0.25, -0.2) is 0 Å². The van der Waals surface area contributed by atoms with Crippen LogP contribution in [0.25, 0.3) is 0 Å². The van der Waals surface area contributed by atoms with Crippen LogP contribution in [0.15, 0.2) is 0 Å². The molecular formula is C11H22O2. The molecule has 0 saturated carbocycles. The summed E-state index contributed by atoms with van der Waals surface area (Å²) in [5.74, 6) is 0. The predicted octanol–water partition coefficient (Wildman–Crippen LogP) is 2.62. The van der Waals surface area contributed by atoms with Gasteiger partial charge in [0.25, 0.3) is 0 Å². The quantitative estimate of drug-likeness (QED) is 0.660. The zero-order valence-corrected chi connectivity index (χ0v) is 9.35. The number of hydrogen-bond donors (Lipinski definition) is 0. The molecule has 0 aromatic heterocycles. The van der Waals surface area contributed by atoms with Crippen LogP contribution in [-0.4, -0.2) is 25.4 Å². The van der Waals surface area contributed by atoms with Gasteiger partial charge in [0.1, 0.15) is 0 Å². The highest BCUT2D eigenvalue weighted by Crippen LogP contribution is 2.29. The highest BCUT2D eigenvalue weighted by molar-refractivity contribution is 4.77. The average Bonchev–Trinajstić information content (AvgIpc) is 2.02. The summed E-state index contributed by atoms with van der Waals surface area (Å²) in [5, 5.41) is 0. The van der Waals surface area contributed by atoms with Crippen LogP contribution < -0.4 is 0 Å². The first-order valence-corrected chi connectivity index (χ1v) is 5.13. The Kier molecular flexibility index (Phi) is 3.36. The van der Waals surface area contributed by atoms with E-state index in [4.69, 9.17) is 9.47 Å². The van der Waals surface area contributed by atoms with Crippen molar-refractivity contribution in [2.75, 3.05) is 19.8 Å². The van der Waals surface area contributed by atoms with Crippen LogP contribution in [0.5, 0.6) is 0 Å². The van der Waals surface area contributed by atoms with Crippen molar-refractivity contribution in [1.82, 2.24) is 0 Å². The first-order chi connectivity index (χ1) is 5.91. The first-order valence-electron chi connectivity index (χ1n) is 5.13. The molecule has 0 aromatic rings. The largest absolute Gasteiger partial charge is 0.381 e. The van der Waals surface area contributed by atoms with Crippen molar-refractivity contribution < 1.29 is 9.47 Å². The van der Waals surface area contributed by atoms with Crippen molar-refractivity contribution in [2.24, 2.45) is 5.41 Å². The molecule has 0 radical (unpaired) electrons. The van der Waals surface area contributed by atoms with Gasteiger partial charge in [-0.3, -0.25) is 0 Å². The second-order valence-electron chi connectivity index (χ2n) is 5.37. The van der Waals surface area contributed by atoms with Gasteiger partial charge in [0.15, 0.2) is 0 Å². The molecule has 2 heteroatoms. The third-order valence-corrected chi connectivity index (χ3v) is 2.37. The summed E-state index contributed by atoms with van der Waals surface area (Å²) in [6.45, 7) is 11.1. The fourth-order valence-corrected chi connectivity index (χ4v) is 1.50. The van der Waals surface area contributed by atoms with E-state index in [1.165, 1.54) is 12.8 Å². The molecule has 1 aliphatic rings. The first kappa shape index (κ1) is 11.0. The lowest BCUT2D eigenvalue weighted by atomic mass is 9.85. The van der Waals surface area contributed by atoms with Gasteiger partial charge in [0, 0.05) is 12.0 Å². The minimum atomic E-state index is -0.0273. The fraction of sp³-hybridized carbons (Fsp3) is 1.00. The fourth-order valence-electron chi connectivity index (χ4n) is 1.50. The Balaban J connectivity index is 2.33. The molecule has 2 nitrogen and oxygen atoms in total. The Morgan fingerprint density at radius 2 is 2.08 bits per heavy atom. The van der Waals surface area contributed by atoms with E-state index in [0.29, 0.717) is 0 Å². The lowest BCUT2D eigenvalue weighted by Gasteiger charge is -2.35. The molecule has 1 unspecified atom stereocenters. The number of ether oxygens (including phenoxy) is 2. The summed E-state index contributed by atoms with van der Waals surface area (Å²) in [6, 6.07) is 0. The van der Waals surface area contributed by atoms with Crippen LogP contribution in [0.1, 0.15) is 40.5 Å². The van der Waals surface area contributed by atoms with Gasteiger partial charge in [-0.1, -0.05) is 6.92 Å². The Labute approximate surface area is 81.6 Å². The van der Waals surface area contributed by atoms with Crippen molar-refractivity contribution in [3.63, 3.8) is 0 Å². The van der Waals surface area contributed by atoms with Crippen molar-refractivity contribution in [3.8, 4) is 0 Å². The molecule has 1 fully saturated rings. The van der Waals surface area contributed by atoms with E-state index in [-0.39, 0.29) is 11.0 Å². The van der Waals surface area contributed by atoms with Crippen LogP contribution in [0.2, 0.25) is 0 Å². The summed E-state index contributed by atoms with van der Waals surface area (Å²) in [7, 11) is 0. The highest BCUT2D eigenvalue weighted by Gasteiger charge is 2.29. The van der Waals surface area contributed by atoms with Gasteiger partial charge in [0.2, 0.25) is 0 Å². The Morgan fingerprint density at radius 1 is 1.38 bits per heavy atom. The maximum Gasteiger partial charge on any atom is 0.0598 e. The summed E-state index contributed by atoms with van der Waals surface area (Å²) < 4.78 is 11.3. The SMILES string of the molecule is CC1(COC(C)(C)C)CCCOC1. The summed E-state index contributed by atoms with van der Waals surface area (Å²) in [5.41, 5.74) is 0.214. The van der Waals surface area contributed by atoms with Crippen LogP contribution in [0, 0.1) is 5.41 Å². The third-order valence-electron chi connectivity index (χ3n) is 2.37. The van der Waals surface area contributed by atoms with E-state index in [0.717, 1.165) is 19.8 Å². The molecule has 13 heavy (non-hydrogen) atoms. The topological polar surface area (TPSA) is 18.5 Å². The third kappa shape index (κ3) is 4.10. The zero-order valence-electron chi connectivity index (χ0n) is 9.35. The van der Waals surface area contributed by atoms with Gasteiger partial charge in [-0.05, 0) is 33.6 Å². The average molecular weight is 186 g/mol. The van der Waals surface area contributed by atoms with E-state index >= 15 is 0 Å². The lowest BCUT2D eigenvalue weighted by molar-refractivity contribution is -0.0931. The van der Waals surface area contributed by atoms with Crippen LogP contribution in [0.4, 0.5) is 0 Å². The maximum atomic E-state index is 5.79. The van der Waals surface area contributed by atoms with Crippen LogP contribution in [0.3, 0.4) is 0 Å². The Bertz CT molecular complexity index is 152. The molecule has 78 valence electrons. The molecule has 1 heterocycles. The molecule has 0 amide bonds. The van der Waals surface area contributed by atoms with Gasteiger partial charge in [0.05, 0.1) is 18.8 Å². The molecule has 1 rings (SSSR count). The van der Waals surface area contributed by atoms with Gasteiger partial charge < -0.3 is 9.47 Å². The van der Waals surface area contributed by atoms with Crippen molar-refractivity contribution in [1.29, 1.82) is 0 Å². The van der Waals surface area contributed by atoms with E-state index in [2.05, 4.69) is 27.7 Å². The molecule has 0 aromatic carbocycles. The maximum absolute atomic E-state index is 5.79. The van der Waals surface area contributed by atoms with Gasteiger partial charge in [-0.2, -0.15) is 0 Å². The standard InChI is InChI=1S/C11H22O2/c1-10(2,3)13-9-11(4)6-5-7-12-8-11/h5-9H2,1-4H3. The summed E-state index contributed by atoms with van der Waals surface area (Å²) in [4.78, 5) is 0. The smallest absolute Gasteiger partial charge is 0.0598 e. The van der Waals surface area contributed by atoms with E-state index in [1.54, 1.807) is 0 Å². The molecular weight excluding hydrogens is 164 g/mol. The van der Waals surface area contributed by atoms with Crippen molar-refractivity contribution in [2.45, 2.75) is 46.1 Å². The predicted molar refractivity (Wildman–Crippen MR) is 53.9 cm³/mol. The molecule has 0 spiro atoms. The zero-order chi connectivity index (χ0) is 9.95. The van der Waals surface area contributed by atoms with E-state index in [1.807, 2.05) is 0 Å². The van der Waals surface area contributed by atoms with E-state index in [9.17, 15) is 0 Å². The number of rotatable bonds is 2. The molecule has 1 aliphatic heterocycles. The second-order valence-corrected chi connectivity index (χ2v) is 5.37. The Morgan fingerprint density at radius 3 is 2.54 bits per heavy atom. The van der Waals surface area contributed by atoms with Crippen molar-refractivity contribution >= 4 is 0 Å². The van der Waals surface area contributed by atoms with Crippen LogP contribution in [-0.2, 0) is 9.47 Å². The van der Waals surface area contributed by atoms with E-state index < -0.39 is 0 Å². The summed E-state index contributed by atoms with van der Waals surface area (Å²) in [6.07, 6.45) is 2.40.